The fourth-order valence-electron chi connectivity index (χ4n) is 3.82. The van der Waals surface area contributed by atoms with Gasteiger partial charge in [-0.25, -0.2) is 4.98 Å². The molecule has 6 nitrogen and oxygen atoms in total. The van der Waals surface area contributed by atoms with Crippen LogP contribution in [0, 0.1) is 6.92 Å². The van der Waals surface area contributed by atoms with Gasteiger partial charge in [0, 0.05) is 23.0 Å². The molecule has 0 spiro atoms. The van der Waals surface area contributed by atoms with E-state index in [-0.39, 0.29) is 11.5 Å². The van der Waals surface area contributed by atoms with Crippen molar-refractivity contribution in [3.05, 3.63) is 89.1 Å². The van der Waals surface area contributed by atoms with Gasteiger partial charge < -0.3 is 0 Å². The van der Waals surface area contributed by atoms with E-state index in [2.05, 4.69) is 9.97 Å². The van der Waals surface area contributed by atoms with Crippen LogP contribution in [0.15, 0.2) is 78.0 Å². The molecule has 0 aliphatic rings. The monoisotopic (exact) mass is 394 g/mol. The van der Waals surface area contributed by atoms with Crippen LogP contribution in [0.4, 0.5) is 0 Å². The summed E-state index contributed by atoms with van der Waals surface area (Å²) in [6.07, 6.45) is 6.46. The van der Waals surface area contributed by atoms with E-state index >= 15 is 0 Å². The Morgan fingerprint density at radius 1 is 1.00 bits per heavy atom. The Labute approximate surface area is 171 Å². The van der Waals surface area contributed by atoms with E-state index in [0.717, 1.165) is 27.4 Å². The zero-order chi connectivity index (χ0) is 20.8. The second kappa shape index (κ2) is 6.77. The fraction of sp³-hybridized carbons (Fsp3) is 0.0833. The molecule has 3 heterocycles. The molecule has 0 aliphatic heterocycles. The lowest BCUT2D eigenvalue weighted by atomic mass is 10.1. The summed E-state index contributed by atoms with van der Waals surface area (Å²) in [6, 6.07) is 14.8. The fourth-order valence-corrected chi connectivity index (χ4v) is 3.82. The van der Waals surface area contributed by atoms with Gasteiger partial charge in [0.25, 0.3) is 11.5 Å². The normalized spacial score (nSPS) is 11.8. The molecule has 5 rings (SSSR count). The molecule has 0 radical (unpaired) electrons. The van der Waals surface area contributed by atoms with Crippen molar-refractivity contribution in [2.75, 3.05) is 0 Å². The predicted molar refractivity (Wildman–Crippen MR) is 118 cm³/mol. The van der Waals surface area contributed by atoms with E-state index in [1.165, 1.54) is 23.0 Å². The first kappa shape index (κ1) is 18.0. The molecule has 0 saturated heterocycles. The second-order valence-electron chi connectivity index (χ2n) is 7.22. The number of carbonyl (C=O) groups is 1. The number of imidazole rings is 1. The number of fused-ring (bicyclic) bond motifs is 4. The van der Waals surface area contributed by atoms with Crippen molar-refractivity contribution < 1.29 is 4.79 Å². The number of hydrogen-bond donors (Lipinski definition) is 0. The van der Waals surface area contributed by atoms with Gasteiger partial charge in [0.05, 0.1) is 27.8 Å². The highest BCUT2D eigenvalue weighted by molar-refractivity contribution is 6.04. The molecular weight excluding hydrogens is 376 g/mol. The van der Waals surface area contributed by atoms with E-state index in [9.17, 15) is 9.59 Å². The molecule has 0 bridgehead atoms. The van der Waals surface area contributed by atoms with Gasteiger partial charge in [-0.15, -0.1) is 0 Å². The number of aromatic nitrogens is 4. The van der Waals surface area contributed by atoms with Crippen LogP contribution in [0.25, 0.3) is 38.5 Å². The van der Waals surface area contributed by atoms with Crippen molar-refractivity contribution in [1.29, 1.82) is 0 Å². The summed E-state index contributed by atoms with van der Waals surface area (Å²) in [6.45, 7) is 3.81. The smallest absolute Gasteiger partial charge is 0.256 e. The van der Waals surface area contributed by atoms with Crippen molar-refractivity contribution >= 4 is 38.7 Å². The van der Waals surface area contributed by atoms with Gasteiger partial charge in [0.1, 0.15) is 6.33 Å². The molecule has 0 amide bonds. The maximum atomic E-state index is 13.0. The minimum Gasteiger partial charge on any atom is -0.276 e. The van der Waals surface area contributed by atoms with Crippen LogP contribution in [0.1, 0.15) is 17.3 Å². The first-order chi connectivity index (χ1) is 14.6. The summed E-state index contributed by atoms with van der Waals surface area (Å²) in [5.74, 6) is -0.187. The molecule has 0 unspecified atom stereocenters. The third-order valence-electron chi connectivity index (χ3n) is 5.21. The number of rotatable bonds is 2. The zero-order valence-corrected chi connectivity index (χ0v) is 16.5. The molecule has 0 aliphatic carbocycles. The first-order valence-electron chi connectivity index (χ1n) is 9.62. The standard InChI is InChI=1S/C24H18N4O2/c1-3-4-22(29)27-14-26-20-9-7-17(12-21(20)27)28-23(30)10-6-16-13-25-19-8-5-15(2)11-18(19)24(16)28/h3-14H,1-2H3/b4-3+. The number of pyridine rings is 2. The van der Waals surface area contributed by atoms with Gasteiger partial charge in [-0.1, -0.05) is 17.7 Å². The number of carbonyl (C=O) groups excluding carboxylic acids is 1. The largest absolute Gasteiger partial charge is 0.276 e. The van der Waals surface area contributed by atoms with Gasteiger partial charge in [-0.2, -0.15) is 0 Å². The third kappa shape index (κ3) is 2.73. The minimum absolute atomic E-state index is 0.151. The molecule has 0 atom stereocenters. The Hall–Kier alpha value is -4.06. The molecule has 0 saturated carbocycles. The van der Waals surface area contributed by atoms with Gasteiger partial charge in [-0.05, 0) is 56.3 Å². The molecule has 146 valence electrons. The summed E-state index contributed by atoms with van der Waals surface area (Å²) < 4.78 is 3.16. The predicted octanol–water partition coefficient (Wildman–Crippen LogP) is 4.41. The minimum atomic E-state index is -0.187. The van der Waals surface area contributed by atoms with E-state index in [4.69, 9.17) is 0 Å². The third-order valence-corrected chi connectivity index (χ3v) is 5.21. The number of allylic oxidation sites excluding steroid dienone is 2. The molecule has 5 aromatic rings. The van der Waals surface area contributed by atoms with Gasteiger partial charge >= 0.3 is 0 Å². The van der Waals surface area contributed by atoms with Crippen LogP contribution in [-0.2, 0) is 0 Å². The SMILES string of the molecule is C/C=C/C(=O)n1cnc2ccc(-n3c(=O)ccc4cnc5ccc(C)cc5c43)cc21. The number of hydrogen-bond acceptors (Lipinski definition) is 4. The van der Waals surface area contributed by atoms with Crippen molar-refractivity contribution in [1.82, 2.24) is 19.1 Å². The van der Waals surface area contributed by atoms with Crippen molar-refractivity contribution in [3.8, 4) is 5.69 Å². The van der Waals surface area contributed by atoms with Gasteiger partial charge in [-0.3, -0.25) is 23.7 Å². The summed E-state index contributed by atoms with van der Waals surface area (Å²) in [5, 5.41) is 1.77. The van der Waals surface area contributed by atoms with Crippen LogP contribution < -0.4 is 5.56 Å². The van der Waals surface area contributed by atoms with Crippen molar-refractivity contribution in [2.24, 2.45) is 0 Å². The van der Waals surface area contributed by atoms with E-state index in [0.29, 0.717) is 16.7 Å². The summed E-state index contributed by atoms with van der Waals surface area (Å²) in [4.78, 5) is 34.3. The highest BCUT2D eigenvalue weighted by atomic mass is 16.2. The Balaban J connectivity index is 1.87. The molecule has 30 heavy (non-hydrogen) atoms. The average Bonchev–Trinajstić information content (AvgIpc) is 3.17. The number of benzene rings is 2. The Bertz CT molecular complexity index is 1560. The van der Waals surface area contributed by atoms with Gasteiger partial charge in [0.2, 0.25) is 0 Å². The molecule has 6 heteroatoms. The quantitative estimate of drug-likeness (QED) is 0.328. The topological polar surface area (TPSA) is 69.8 Å². The second-order valence-corrected chi connectivity index (χ2v) is 7.22. The molecule has 3 aromatic heterocycles. The van der Waals surface area contributed by atoms with E-state index in [1.807, 2.05) is 43.3 Å². The van der Waals surface area contributed by atoms with Crippen molar-refractivity contribution in [2.45, 2.75) is 13.8 Å². The summed E-state index contributed by atoms with van der Waals surface area (Å²) in [7, 11) is 0. The summed E-state index contributed by atoms with van der Waals surface area (Å²) in [5.41, 5.74) is 4.55. The number of nitrogens with zero attached hydrogens (tertiary/aromatic N) is 4. The molecule has 0 N–H and O–H groups in total. The Morgan fingerprint density at radius 3 is 2.67 bits per heavy atom. The summed E-state index contributed by atoms with van der Waals surface area (Å²) >= 11 is 0. The molecule has 0 fully saturated rings. The molecular formula is C24H18N4O2. The Morgan fingerprint density at radius 2 is 1.83 bits per heavy atom. The highest BCUT2D eigenvalue weighted by Gasteiger charge is 2.13. The highest BCUT2D eigenvalue weighted by Crippen LogP contribution is 2.27. The van der Waals surface area contributed by atoms with Crippen LogP contribution in [0.2, 0.25) is 0 Å². The lowest BCUT2D eigenvalue weighted by Gasteiger charge is -2.13. The zero-order valence-electron chi connectivity index (χ0n) is 16.5. The van der Waals surface area contributed by atoms with Crippen LogP contribution in [0.3, 0.4) is 0 Å². The lowest BCUT2D eigenvalue weighted by molar-refractivity contribution is 0.0973. The van der Waals surface area contributed by atoms with E-state index < -0.39 is 0 Å². The van der Waals surface area contributed by atoms with Gasteiger partial charge in [0.15, 0.2) is 0 Å². The maximum Gasteiger partial charge on any atom is 0.256 e. The van der Waals surface area contributed by atoms with Crippen LogP contribution in [-0.4, -0.2) is 25.0 Å². The Kier molecular flexibility index (Phi) is 4.06. The maximum absolute atomic E-state index is 13.0. The van der Waals surface area contributed by atoms with Crippen LogP contribution >= 0.6 is 0 Å². The lowest BCUT2D eigenvalue weighted by Crippen LogP contribution is -2.18. The molecule has 2 aromatic carbocycles. The average molecular weight is 394 g/mol. The van der Waals surface area contributed by atoms with E-state index in [1.54, 1.807) is 29.8 Å². The first-order valence-corrected chi connectivity index (χ1v) is 9.62. The van der Waals surface area contributed by atoms with Crippen LogP contribution in [0.5, 0.6) is 0 Å². The van der Waals surface area contributed by atoms with Crippen molar-refractivity contribution in [3.63, 3.8) is 0 Å². The number of aryl methyl sites for hydroxylation is 1.